The molecule has 6 heteroatoms. The number of ether oxygens (including phenoxy) is 3. The number of hydrogen-bond donors (Lipinski definition) is 1. The molecule has 6 nitrogen and oxygen atoms in total. The van der Waals surface area contributed by atoms with Crippen molar-refractivity contribution in [3.05, 3.63) is 59.2 Å². The molecule has 0 bridgehead atoms. The highest BCUT2D eigenvalue weighted by Crippen LogP contribution is 2.19. The Morgan fingerprint density at radius 1 is 1.08 bits per heavy atom. The maximum absolute atomic E-state index is 11.9. The summed E-state index contributed by atoms with van der Waals surface area (Å²) in [6.45, 7) is 0.439. The smallest absolute Gasteiger partial charge is 0.244 e. The molecule has 0 aliphatic carbocycles. The Balaban J connectivity index is 1.93. The van der Waals surface area contributed by atoms with Gasteiger partial charge in [-0.25, -0.2) is 5.43 Å². The minimum Gasteiger partial charge on any atom is -0.497 e. The molecule has 0 spiro atoms. The van der Waals surface area contributed by atoms with Gasteiger partial charge in [-0.1, -0.05) is 12.1 Å². The number of nitrogens with zero attached hydrogens (tertiary/aromatic N) is 1. The van der Waals surface area contributed by atoms with Crippen LogP contribution in [0.25, 0.3) is 0 Å². The van der Waals surface area contributed by atoms with Gasteiger partial charge in [-0.2, -0.15) is 5.10 Å². The maximum Gasteiger partial charge on any atom is 0.244 e. The van der Waals surface area contributed by atoms with Gasteiger partial charge in [0, 0.05) is 12.7 Å². The fraction of sp³-hybridized carbons (Fsp3) is 0.263. The second-order valence-corrected chi connectivity index (χ2v) is 5.32. The molecule has 0 saturated carbocycles. The van der Waals surface area contributed by atoms with Crippen LogP contribution in [0.4, 0.5) is 0 Å². The number of hydrazone groups is 1. The van der Waals surface area contributed by atoms with Crippen LogP contribution >= 0.6 is 0 Å². The van der Waals surface area contributed by atoms with Gasteiger partial charge >= 0.3 is 0 Å². The third kappa shape index (κ3) is 5.61. The molecule has 0 radical (unpaired) electrons. The van der Waals surface area contributed by atoms with Crippen molar-refractivity contribution in [2.45, 2.75) is 13.0 Å². The standard InChI is InChI=1S/C19H22N2O4/c1-23-13-16-10-15(6-9-18(16)25-3)12-20-21-19(22)11-14-4-7-17(24-2)8-5-14/h4-10,12H,11,13H2,1-3H3,(H,21,22)/b20-12+. The molecule has 2 rings (SSSR count). The number of nitrogens with one attached hydrogen (secondary N) is 1. The van der Waals surface area contributed by atoms with E-state index in [-0.39, 0.29) is 12.3 Å². The second kappa shape index (κ2) is 9.44. The Bertz CT molecular complexity index is 727. The first-order valence-electron chi connectivity index (χ1n) is 7.77. The first-order valence-corrected chi connectivity index (χ1v) is 7.77. The van der Waals surface area contributed by atoms with Gasteiger partial charge in [-0.3, -0.25) is 4.79 Å². The highest BCUT2D eigenvalue weighted by molar-refractivity contribution is 5.83. The van der Waals surface area contributed by atoms with Crippen molar-refractivity contribution >= 4 is 12.1 Å². The predicted octanol–water partition coefficient (Wildman–Crippen LogP) is 2.54. The molecular formula is C19H22N2O4. The molecule has 1 amide bonds. The van der Waals surface area contributed by atoms with Crippen molar-refractivity contribution in [3.8, 4) is 11.5 Å². The molecule has 0 aliphatic rings. The van der Waals surface area contributed by atoms with Crippen LogP contribution in [0.1, 0.15) is 16.7 Å². The van der Waals surface area contributed by atoms with Crippen LogP contribution in [0.15, 0.2) is 47.6 Å². The fourth-order valence-corrected chi connectivity index (χ4v) is 2.29. The van der Waals surface area contributed by atoms with Gasteiger partial charge in [0.1, 0.15) is 11.5 Å². The molecule has 1 N–H and O–H groups in total. The van der Waals surface area contributed by atoms with E-state index in [1.807, 2.05) is 42.5 Å². The van der Waals surface area contributed by atoms with Gasteiger partial charge in [-0.15, -0.1) is 0 Å². The third-order valence-corrected chi connectivity index (χ3v) is 3.53. The van der Waals surface area contributed by atoms with Crippen molar-refractivity contribution in [2.24, 2.45) is 5.10 Å². The van der Waals surface area contributed by atoms with E-state index < -0.39 is 0 Å². The number of amides is 1. The summed E-state index contributed by atoms with van der Waals surface area (Å²) in [5.74, 6) is 1.32. The number of carbonyl (C=O) groups excluding carboxylic acids is 1. The molecule has 2 aromatic carbocycles. The lowest BCUT2D eigenvalue weighted by atomic mass is 10.1. The summed E-state index contributed by atoms with van der Waals surface area (Å²) in [5.41, 5.74) is 5.17. The van der Waals surface area contributed by atoms with E-state index in [4.69, 9.17) is 14.2 Å². The third-order valence-electron chi connectivity index (χ3n) is 3.53. The Hall–Kier alpha value is -2.86. The van der Waals surface area contributed by atoms with Crippen LogP contribution in [-0.2, 0) is 22.6 Å². The zero-order valence-electron chi connectivity index (χ0n) is 14.6. The van der Waals surface area contributed by atoms with E-state index in [0.717, 1.165) is 28.2 Å². The van der Waals surface area contributed by atoms with Crippen molar-refractivity contribution < 1.29 is 19.0 Å². The van der Waals surface area contributed by atoms with Crippen LogP contribution < -0.4 is 14.9 Å². The quantitative estimate of drug-likeness (QED) is 0.591. The first kappa shape index (κ1) is 18.5. The van der Waals surface area contributed by atoms with Crippen LogP contribution in [0.3, 0.4) is 0 Å². The highest BCUT2D eigenvalue weighted by Gasteiger charge is 2.04. The van der Waals surface area contributed by atoms with Gasteiger partial charge in [0.2, 0.25) is 5.91 Å². The van der Waals surface area contributed by atoms with E-state index in [0.29, 0.717) is 6.61 Å². The lowest BCUT2D eigenvalue weighted by Crippen LogP contribution is -2.19. The molecule has 0 aliphatic heterocycles. The van der Waals surface area contributed by atoms with Crippen LogP contribution in [0.2, 0.25) is 0 Å². The molecule has 25 heavy (non-hydrogen) atoms. The van der Waals surface area contributed by atoms with Gasteiger partial charge in [0.05, 0.1) is 33.5 Å². The van der Waals surface area contributed by atoms with E-state index in [1.165, 1.54) is 0 Å². The summed E-state index contributed by atoms with van der Waals surface area (Å²) in [6, 6.07) is 12.9. The summed E-state index contributed by atoms with van der Waals surface area (Å²) in [7, 11) is 4.84. The maximum atomic E-state index is 11.9. The van der Waals surface area contributed by atoms with Crippen molar-refractivity contribution in [2.75, 3.05) is 21.3 Å². The summed E-state index contributed by atoms with van der Waals surface area (Å²) in [4.78, 5) is 11.9. The molecule has 0 atom stereocenters. The molecule has 2 aromatic rings. The zero-order valence-corrected chi connectivity index (χ0v) is 14.6. The highest BCUT2D eigenvalue weighted by atomic mass is 16.5. The second-order valence-electron chi connectivity index (χ2n) is 5.32. The molecule has 0 heterocycles. The average Bonchev–Trinajstić information content (AvgIpc) is 2.63. The number of benzene rings is 2. The summed E-state index contributed by atoms with van der Waals surface area (Å²) in [5, 5.41) is 4.00. The minimum absolute atomic E-state index is 0.188. The van der Waals surface area contributed by atoms with Crippen molar-refractivity contribution in [1.82, 2.24) is 5.43 Å². The summed E-state index contributed by atoms with van der Waals surface area (Å²) >= 11 is 0. The van der Waals surface area contributed by atoms with Gasteiger partial charge in [0.15, 0.2) is 0 Å². The van der Waals surface area contributed by atoms with E-state index in [9.17, 15) is 4.79 Å². The first-order chi connectivity index (χ1) is 12.2. The van der Waals surface area contributed by atoms with Crippen LogP contribution in [0.5, 0.6) is 11.5 Å². The topological polar surface area (TPSA) is 69.2 Å². The normalized spacial score (nSPS) is 10.7. The summed E-state index contributed by atoms with van der Waals surface area (Å²) in [6.07, 6.45) is 1.84. The molecule has 0 unspecified atom stereocenters. The van der Waals surface area contributed by atoms with Gasteiger partial charge in [-0.05, 0) is 41.5 Å². The fourth-order valence-electron chi connectivity index (χ4n) is 2.29. The molecule has 0 fully saturated rings. The summed E-state index contributed by atoms with van der Waals surface area (Å²) < 4.78 is 15.5. The minimum atomic E-state index is -0.188. The lowest BCUT2D eigenvalue weighted by Gasteiger charge is -2.08. The monoisotopic (exact) mass is 342 g/mol. The number of hydrogen-bond acceptors (Lipinski definition) is 5. The molecule has 0 saturated heterocycles. The number of methoxy groups -OCH3 is 3. The zero-order chi connectivity index (χ0) is 18.1. The average molecular weight is 342 g/mol. The predicted molar refractivity (Wildman–Crippen MR) is 96.1 cm³/mol. The van der Waals surface area contributed by atoms with Crippen LogP contribution in [0, 0.1) is 0 Å². The van der Waals surface area contributed by atoms with Crippen molar-refractivity contribution in [3.63, 3.8) is 0 Å². The van der Waals surface area contributed by atoms with E-state index >= 15 is 0 Å². The Labute approximate surface area is 147 Å². The molecular weight excluding hydrogens is 320 g/mol. The lowest BCUT2D eigenvalue weighted by molar-refractivity contribution is -0.120. The van der Waals surface area contributed by atoms with E-state index in [1.54, 1.807) is 27.5 Å². The Morgan fingerprint density at radius 2 is 1.84 bits per heavy atom. The van der Waals surface area contributed by atoms with Gasteiger partial charge in [0.25, 0.3) is 0 Å². The Kier molecular flexibility index (Phi) is 6.98. The van der Waals surface area contributed by atoms with Crippen LogP contribution in [-0.4, -0.2) is 33.5 Å². The largest absolute Gasteiger partial charge is 0.497 e. The SMILES string of the molecule is COCc1cc(/C=N/NC(=O)Cc2ccc(OC)cc2)ccc1OC. The van der Waals surface area contributed by atoms with E-state index in [2.05, 4.69) is 10.5 Å². The van der Waals surface area contributed by atoms with Crippen molar-refractivity contribution in [1.29, 1.82) is 0 Å². The number of carbonyl (C=O) groups is 1. The molecule has 0 aromatic heterocycles. The number of rotatable bonds is 8. The van der Waals surface area contributed by atoms with Gasteiger partial charge < -0.3 is 14.2 Å². The molecule has 132 valence electrons. The Morgan fingerprint density at radius 3 is 2.48 bits per heavy atom.